The van der Waals surface area contributed by atoms with E-state index in [2.05, 4.69) is 52.2 Å². The Hall–Kier alpha value is -0.880. The molecule has 9 heteroatoms. The van der Waals surface area contributed by atoms with Crippen LogP contribution < -0.4 is 0 Å². The first kappa shape index (κ1) is 65.1. The van der Waals surface area contributed by atoms with E-state index >= 15 is 0 Å². The van der Waals surface area contributed by atoms with E-state index in [-0.39, 0.29) is 12.4 Å². The van der Waals surface area contributed by atoms with Gasteiger partial charge in [-0.3, -0.25) is 0 Å². The van der Waals surface area contributed by atoms with E-state index in [0.717, 1.165) is 69.3 Å². The van der Waals surface area contributed by atoms with Crippen molar-refractivity contribution in [2.75, 3.05) is 114 Å². The Labute approximate surface area is 411 Å². The Morgan fingerprint density at radius 2 is 0.758 bits per heavy atom. The first-order chi connectivity index (χ1) is 32.5. The van der Waals surface area contributed by atoms with Gasteiger partial charge in [-0.25, -0.2) is 0 Å². The Kier molecular flexibility index (Phi) is 54.3. The number of rotatable bonds is 57. The summed E-state index contributed by atoms with van der Waals surface area (Å²) in [6.45, 7) is 13.4. The van der Waals surface area contributed by atoms with Crippen molar-refractivity contribution >= 4 is 0 Å². The number of allylic oxidation sites excluding steroid dienone is 4. The molecule has 0 spiro atoms. The molecule has 66 heavy (non-hydrogen) atoms. The van der Waals surface area contributed by atoms with Gasteiger partial charge in [-0.05, 0) is 89.9 Å². The van der Waals surface area contributed by atoms with Gasteiger partial charge >= 0.3 is 0 Å². The number of likely N-dealkylation sites (N-methyl/N-ethyl adjacent to an activating group) is 1. The molecule has 0 aliphatic rings. The van der Waals surface area contributed by atoms with Crippen molar-refractivity contribution in [1.29, 1.82) is 0 Å². The predicted molar refractivity (Wildman–Crippen MR) is 281 cm³/mol. The Morgan fingerprint density at radius 1 is 0.364 bits per heavy atom. The molecule has 9 nitrogen and oxygen atoms in total. The molecule has 0 aliphatic carbocycles. The van der Waals surface area contributed by atoms with Crippen molar-refractivity contribution in [2.45, 2.75) is 232 Å². The van der Waals surface area contributed by atoms with Gasteiger partial charge in [0, 0.05) is 27.4 Å². The second-order valence-electron chi connectivity index (χ2n) is 19.5. The van der Waals surface area contributed by atoms with E-state index in [4.69, 9.17) is 37.9 Å². The molecular weight excluding hydrogens is 827 g/mol. The molecule has 0 aliphatic heterocycles. The lowest BCUT2D eigenvalue weighted by molar-refractivity contribution is -0.893. The van der Waals surface area contributed by atoms with Gasteiger partial charge in [0.25, 0.3) is 0 Å². The molecule has 0 N–H and O–H groups in total. The van der Waals surface area contributed by atoms with Crippen LogP contribution in [0.1, 0.15) is 219 Å². The lowest BCUT2D eigenvalue weighted by atomic mass is 10.1. The van der Waals surface area contributed by atoms with E-state index in [9.17, 15) is 0 Å². The van der Waals surface area contributed by atoms with Crippen LogP contribution in [0, 0.1) is 0 Å². The van der Waals surface area contributed by atoms with Crippen molar-refractivity contribution in [3.8, 4) is 0 Å². The molecule has 0 heterocycles. The minimum Gasteiger partial charge on any atom is -0.382 e. The molecule has 0 bridgehead atoms. The molecule has 1 unspecified atom stereocenters. The highest BCUT2D eigenvalue weighted by atomic mass is 16.7. The van der Waals surface area contributed by atoms with Crippen LogP contribution >= 0.6 is 0 Å². The maximum Gasteiger partial charge on any atom is 0.157 e. The zero-order valence-electron chi connectivity index (χ0n) is 45.0. The monoisotopic (exact) mass is 941 g/mol. The van der Waals surface area contributed by atoms with Gasteiger partial charge < -0.3 is 42.4 Å². The summed E-state index contributed by atoms with van der Waals surface area (Å²) >= 11 is 0. The molecule has 1 atom stereocenters. The SMILES string of the molecule is CCCCCCCCC=CCCCCCCCCOCC(C[N+](C)(C)CCCCCC(OCCOCCOC)OCCOCCOC)OCCCCCCCCC=CCCCCCCCC. The molecule has 0 aromatic heterocycles. The third-order valence-corrected chi connectivity index (χ3v) is 12.4. The average molecular weight is 942 g/mol. The normalized spacial score (nSPS) is 12.8. The van der Waals surface area contributed by atoms with Crippen LogP contribution in [-0.4, -0.2) is 131 Å². The minimum atomic E-state index is -0.257. The topological polar surface area (TPSA) is 73.8 Å². The summed E-state index contributed by atoms with van der Waals surface area (Å²) in [4.78, 5) is 0. The minimum absolute atomic E-state index is 0.126. The van der Waals surface area contributed by atoms with E-state index in [0.29, 0.717) is 59.5 Å². The summed E-state index contributed by atoms with van der Waals surface area (Å²) in [5, 5.41) is 0. The number of unbranched alkanes of at least 4 members (excludes halogenated alkanes) is 26. The van der Waals surface area contributed by atoms with Crippen LogP contribution in [0.5, 0.6) is 0 Å². The highest BCUT2D eigenvalue weighted by molar-refractivity contribution is 4.82. The summed E-state index contributed by atoms with van der Waals surface area (Å²) in [6.07, 6.45) is 50.9. The van der Waals surface area contributed by atoms with E-state index < -0.39 is 0 Å². The maximum absolute atomic E-state index is 6.60. The average Bonchev–Trinajstić information content (AvgIpc) is 3.31. The fraction of sp³-hybridized carbons (Fsp3) is 0.930. The lowest BCUT2D eigenvalue weighted by Crippen LogP contribution is -2.48. The van der Waals surface area contributed by atoms with E-state index in [1.165, 1.54) is 167 Å². The van der Waals surface area contributed by atoms with Crippen LogP contribution in [0.2, 0.25) is 0 Å². The Balaban J connectivity index is 4.62. The molecule has 394 valence electrons. The van der Waals surface area contributed by atoms with Gasteiger partial charge in [0.2, 0.25) is 0 Å². The van der Waals surface area contributed by atoms with Gasteiger partial charge in [0.15, 0.2) is 6.29 Å². The number of nitrogens with zero attached hydrogens (tertiary/aromatic N) is 1. The molecule has 0 amide bonds. The van der Waals surface area contributed by atoms with Crippen molar-refractivity contribution in [1.82, 2.24) is 0 Å². The third kappa shape index (κ3) is 52.5. The fourth-order valence-electron chi connectivity index (χ4n) is 8.27. The van der Waals surface area contributed by atoms with Gasteiger partial charge in [-0.2, -0.15) is 0 Å². The van der Waals surface area contributed by atoms with Crippen molar-refractivity contribution in [3.63, 3.8) is 0 Å². The predicted octanol–water partition coefficient (Wildman–Crippen LogP) is 14.8. The quantitative estimate of drug-likeness (QED) is 0.0258. The molecule has 0 saturated heterocycles. The van der Waals surface area contributed by atoms with Gasteiger partial charge in [0.05, 0.1) is 80.1 Å². The zero-order valence-corrected chi connectivity index (χ0v) is 45.0. The first-order valence-electron chi connectivity index (χ1n) is 28.2. The summed E-state index contributed by atoms with van der Waals surface area (Å²) in [6, 6.07) is 0. The van der Waals surface area contributed by atoms with E-state index in [1.54, 1.807) is 14.2 Å². The van der Waals surface area contributed by atoms with Crippen LogP contribution in [0.25, 0.3) is 0 Å². The number of ether oxygens (including phenoxy) is 8. The van der Waals surface area contributed by atoms with Gasteiger partial charge in [-0.15, -0.1) is 0 Å². The second-order valence-corrected chi connectivity index (χ2v) is 19.5. The van der Waals surface area contributed by atoms with Crippen LogP contribution in [0.3, 0.4) is 0 Å². The smallest absolute Gasteiger partial charge is 0.157 e. The number of hydrogen-bond acceptors (Lipinski definition) is 8. The van der Waals surface area contributed by atoms with Crippen molar-refractivity contribution in [3.05, 3.63) is 24.3 Å². The molecule has 0 aromatic carbocycles. The molecule has 0 saturated carbocycles. The number of quaternary nitrogens is 1. The largest absolute Gasteiger partial charge is 0.382 e. The standard InChI is InChI=1S/C57H114NO8/c1-7-9-11-13-15-17-19-21-23-25-27-29-31-33-35-40-44-63-55-56(64-45-41-36-34-32-30-28-26-24-22-20-18-16-14-12-10-8-2)54-58(3,4)43-39-37-38-42-57(65-52-50-61-48-46-59-5)66-53-51-62-49-47-60-6/h21-24,56-57H,7-20,25-55H2,1-6H3/q+1. The Bertz CT molecular complexity index is 949. The first-order valence-corrected chi connectivity index (χ1v) is 28.2. The van der Waals surface area contributed by atoms with Gasteiger partial charge in [-0.1, -0.05) is 154 Å². The molecule has 0 aromatic rings. The second kappa shape index (κ2) is 55.1. The molecular formula is C57H114NO8+. The van der Waals surface area contributed by atoms with Crippen LogP contribution in [0.4, 0.5) is 0 Å². The fourth-order valence-corrected chi connectivity index (χ4v) is 8.27. The molecule has 0 rings (SSSR count). The van der Waals surface area contributed by atoms with Crippen LogP contribution in [-0.2, 0) is 37.9 Å². The number of hydrogen-bond donors (Lipinski definition) is 0. The maximum atomic E-state index is 6.60. The zero-order chi connectivity index (χ0) is 48.0. The highest BCUT2D eigenvalue weighted by Crippen LogP contribution is 2.15. The summed E-state index contributed by atoms with van der Waals surface area (Å²) in [5.74, 6) is 0. The van der Waals surface area contributed by atoms with Crippen LogP contribution in [0.15, 0.2) is 24.3 Å². The van der Waals surface area contributed by atoms with Crippen molar-refractivity contribution < 1.29 is 42.4 Å². The van der Waals surface area contributed by atoms with Gasteiger partial charge in [0.1, 0.15) is 12.6 Å². The summed E-state index contributed by atoms with van der Waals surface area (Å²) < 4.78 is 47.3. The lowest BCUT2D eigenvalue weighted by Gasteiger charge is -2.33. The van der Waals surface area contributed by atoms with E-state index in [1.807, 2.05) is 0 Å². The number of methoxy groups -OCH3 is 2. The molecule has 0 fully saturated rings. The summed E-state index contributed by atoms with van der Waals surface area (Å²) in [5.41, 5.74) is 0. The third-order valence-electron chi connectivity index (χ3n) is 12.4. The highest BCUT2D eigenvalue weighted by Gasteiger charge is 2.23. The summed E-state index contributed by atoms with van der Waals surface area (Å²) in [7, 11) is 8.08. The molecule has 0 radical (unpaired) electrons. The van der Waals surface area contributed by atoms with Crippen molar-refractivity contribution in [2.24, 2.45) is 0 Å². The Morgan fingerprint density at radius 3 is 1.21 bits per heavy atom.